The number of hydrogen-bond donors (Lipinski definition) is 2. The number of nitrogens with two attached hydrogens (primary N) is 1. The largest absolute Gasteiger partial charge is 0.397 e. The summed E-state index contributed by atoms with van der Waals surface area (Å²) < 4.78 is 0. The number of anilines is 2. The van der Waals surface area contributed by atoms with Gasteiger partial charge in [0.25, 0.3) is 5.91 Å². The standard InChI is InChI=1S/C13H13N3O2/c1-16(11-7-3-2-5-9(11)14)13(18)10-6-4-8-12(17)15-10/h2-8H,14H2,1H3,(H,15,17). The van der Waals surface area contributed by atoms with Gasteiger partial charge in [0.05, 0.1) is 11.4 Å². The van der Waals surface area contributed by atoms with Crippen molar-refractivity contribution in [2.75, 3.05) is 17.7 Å². The first-order valence-corrected chi connectivity index (χ1v) is 5.41. The Morgan fingerprint density at radius 2 is 1.89 bits per heavy atom. The lowest BCUT2D eigenvalue weighted by atomic mass is 10.2. The number of nitrogen functional groups attached to an aromatic ring is 1. The number of nitrogens with zero attached hydrogens (tertiary/aromatic N) is 1. The van der Waals surface area contributed by atoms with Crippen molar-refractivity contribution in [3.05, 3.63) is 58.5 Å². The highest BCUT2D eigenvalue weighted by atomic mass is 16.2. The molecular formula is C13H13N3O2. The van der Waals surface area contributed by atoms with E-state index in [2.05, 4.69) is 4.98 Å². The van der Waals surface area contributed by atoms with Crippen LogP contribution >= 0.6 is 0 Å². The topological polar surface area (TPSA) is 79.2 Å². The van der Waals surface area contributed by atoms with Crippen LogP contribution in [0.2, 0.25) is 0 Å². The number of nitrogens with one attached hydrogen (secondary N) is 1. The van der Waals surface area contributed by atoms with Gasteiger partial charge in [0.2, 0.25) is 5.56 Å². The Kier molecular flexibility index (Phi) is 3.14. The van der Waals surface area contributed by atoms with E-state index in [0.29, 0.717) is 11.4 Å². The van der Waals surface area contributed by atoms with E-state index in [1.54, 1.807) is 37.4 Å². The van der Waals surface area contributed by atoms with E-state index in [9.17, 15) is 9.59 Å². The number of benzene rings is 1. The van der Waals surface area contributed by atoms with Gasteiger partial charge < -0.3 is 15.6 Å². The fourth-order valence-electron chi connectivity index (χ4n) is 1.66. The van der Waals surface area contributed by atoms with E-state index in [-0.39, 0.29) is 17.2 Å². The zero-order chi connectivity index (χ0) is 13.1. The number of rotatable bonds is 2. The summed E-state index contributed by atoms with van der Waals surface area (Å²) in [5.74, 6) is -0.314. The van der Waals surface area contributed by atoms with Gasteiger partial charge in [-0.05, 0) is 18.2 Å². The minimum Gasteiger partial charge on any atom is -0.397 e. The van der Waals surface area contributed by atoms with Crippen LogP contribution in [-0.4, -0.2) is 17.9 Å². The summed E-state index contributed by atoms with van der Waals surface area (Å²) in [4.78, 5) is 27.2. The first-order chi connectivity index (χ1) is 8.59. The van der Waals surface area contributed by atoms with Crippen LogP contribution < -0.4 is 16.2 Å². The Bertz CT molecular complexity index is 634. The summed E-state index contributed by atoms with van der Waals surface area (Å²) in [5.41, 5.74) is 6.83. The number of carbonyl (C=O) groups excluding carboxylic acids is 1. The molecule has 2 aromatic rings. The second-order valence-electron chi connectivity index (χ2n) is 3.85. The highest BCUT2D eigenvalue weighted by molar-refractivity contribution is 6.05. The van der Waals surface area contributed by atoms with E-state index in [0.717, 1.165) is 0 Å². The molecular weight excluding hydrogens is 230 g/mol. The van der Waals surface area contributed by atoms with Crippen molar-refractivity contribution >= 4 is 17.3 Å². The van der Waals surface area contributed by atoms with Crippen LogP contribution in [0.15, 0.2) is 47.3 Å². The number of pyridine rings is 1. The molecule has 0 saturated carbocycles. The molecule has 92 valence electrons. The maximum absolute atomic E-state index is 12.1. The highest BCUT2D eigenvalue weighted by Crippen LogP contribution is 2.22. The Morgan fingerprint density at radius 3 is 2.56 bits per heavy atom. The third kappa shape index (κ3) is 2.24. The van der Waals surface area contributed by atoms with Gasteiger partial charge in [-0.25, -0.2) is 0 Å². The van der Waals surface area contributed by atoms with Crippen molar-refractivity contribution in [1.29, 1.82) is 0 Å². The third-order valence-corrected chi connectivity index (χ3v) is 2.60. The van der Waals surface area contributed by atoms with Crippen LogP contribution in [0.3, 0.4) is 0 Å². The Balaban J connectivity index is 2.35. The molecule has 0 fully saturated rings. The molecule has 2 rings (SSSR count). The monoisotopic (exact) mass is 243 g/mol. The van der Waals surface area contributed by atoms with Crippen molar-refractivity contribution in [2.45, 2.75) is 0 Å². The van der Waals surface area contributed by atoms with E-state index in [1.807, 2.05) is 0 Å². The van der Waals surface area contributed by atoms with Crippen LogP contribution in [0.1, 0.15) is 10.5 Å². The lowest BCUT2D eigenvalue weighted by Crippen LogP contribution is -2.29. The number of aromatic amines is 1. The minimum absolute atomic E-state index is 0.230. The summed E-state index contributed by atoms with van der Waals surface area (Å²) in [6, 6.07) is 11.5. The second-order valence-corrected chi connectivity index (χ2v) is 3.85. The van der Waals surface area contributed by atoms with Gasteiger partial charge in [-0.3, -0.25) is 9.59 Å². The number of aromatic nitrogens is 1. The van der Waals surface area contributed by atoms with Gasteiger partial charge in [-0.1, -0.05) is 18.2 Å². The van der Waals surface area contributed by atoms with Crippen LogP contribution in [0.5, 0.6) is 0 Å². The summed E-state index contributed by atoms with van der Waals surface area (Å²) in [5, 5.41) is 0. The zero-order valence-electron chi connectivity index (χ0n) is 9.88. The first-order valence-electron chi connectivity index (χ1n) is 5.41. The van der Waals surface area contributed by atoms with Crippen LogP contribution in [0.25, 0.3) is 0 Å². The summed E-state index contributed by atoms with van der Waals surface area (Å²) >= 11 is 0. The molecule has 1 heterocycles. The quantitative estimate of drug-likeness (QED) is 0.779. The average molecular weight is 243 g/mol. The summed E-state index contributed by atoms with van der Waals surface area (Å²) in [7, 11) is 1.61. The predicted molar refractivity (Wildman–Crippen MR) is 70.7 cm³/mol. The van der Waals surface area contributed by atoms with E-state index < -0.39 is 0 Å². The molecule has 5 nitrogen and oxygen atoms in total. The third-order valence-electron chi connectivity index (χ3n) is 2.60. The van der Waals surface area contributed by atoms with Crippen LogP contribution in [-0.2, 0) is 0 Å². The predicted octanol–water partition coefficient (Wildman–Crippen LogP) is 1.23. The van der Waals surface area contributed by atoms with E-state index in [4.69, 9.17) is 5.73 Å². The SMILES string of the molecule is CN(C(=O)c1cccc(=O)[nH]1)c1ccccc1N. The molecule has 0 aliphatic rings. The molecule has 0 spiro atoms. The molecule has 18 heavy (non-hydrogen) atoms. The fourth-order valence-corrected chi connectivity index (χ4v) is 1.66. The second kappa shape index (κ2) is 4.75. The molecule has 0 bridgehead atoms. The van der Waals surface area contributed by atoms with Crippen molar-refractivity contribution in [3.8, 4) is 0 Å². The number of amides is 1. The van der Waals surface area contributed by atoms with Crippen molar-refractivity contribution in [1.82, 2.24) is 4.98 Å². The molecule has 5 heteroatoms. The van der Waals surface area contributed by atoms with Gasteiger partial charge in [0.15, 0.2) is 0 Å². The zero-order valence-corrected chi connectivity index (χ0v) is 9.88. The van der Waals surface area contributed by atoms with Crippen LogP contribution in [0.4, 0.5) is 11.4 Å². The number of hydrogen-bond acceptors (Lipinski definition) is 3. The molecule has 0 radical (unpaired) electrons. The normalized spacial score (nSPS) is 10.1. The first kappa shape index (κ1) is 11.9. The van der Waals surface area contributed by atoms with Gasteiger partial charge >= 0.3 is 0 Å². The maximum Gasteiger partial charge on any atom is 0.274 e. The molecule has 3 N–H and O–H groups in total. The lowest BCUT2D eigenvalue weighted by molar-refractivity contribution is 0.0988. The van der Waals surface area contributed by atoms with Crippen molar-refractivity contribution in [3.63, 3.8) is 0 Å². The molecule has 0 unspecified atom stereocenters. The molecule has 0 aliphatic heterocycles. The van der Waals surface area contributed by atoms with E-state index in [1.165, 1.54) is 17.0 Å². The maximum atomic E-state index is 12.1. The smallest absolute Gasteiger partial charge is 0.274 e. The van der Waals surface area contributed by atoms with Crippen molar-refractivity contribution in [2.24, 2.45) is 0 Å². The van der Waals surface area contributed by atoms with Crippen LogP contribution in [0, 0.1) is 0 Å². The summed E-state index contributed by atoms with van der Waals surface area (Å²) in [6.07, 6.45) is 0. The molecule has 0 aliphatic carbocycles. The number of para-hydroxylation sites is 2. The highest BCUT2D eigenvalue weighted by Gasteiger charge is 2.15. The Morgan fingerprint density at radius 1 is 1.17 bits per heavy atom. The van der Waals surface area contributed by atoms with Gasteiger partial charge in [-0.2, -0.15) is 0 Å². The average Bonchev–Trinajstić information content (AvgIpc) is 2.37. The van der Waals surface area contributed by atoms with Gasteiger partial charge in [-0.15, -0.1) is 0 Å². The van der Waals surface area contributed by atoms with Gasteiger partial charge in [0.1, 0.15) is 5.69 Å². The molecule has 1 aromatic heterocycles. The van der Waals surface area contributed by atoms with Crippen molar-refractivity contribution < 1.29 is 4.79 Å². The van der Waals surface area contributed by atoms with Gasteiger partial charge in [0, 0.05) is 13.1 Å². The van der Waals surface area contributed by atoms with E-state index >= 15 is 0 Å². The molecule has 1 aromatic carbocycles. The number of carbonyl (C=O) groups is 1. The Hall–Kier alpha value is -2.56. The Labute approximate surface area is 104 Å². The number of H-pyrrole nitrogens is 1. The molecule has 0 saturated heterocycles. The fraction of sp³-hybridized carbons (Fsp3) is 0.0769. The minimum atomic E-state index is -0.314. The lowest BCUT2D eigenvalue weighted by Gasteiger charge is -2.18. The molecule has 1 amide bonds. The summed E-state index contributed by atoms with van der Waals surface area (Å²) in [6.45, 7) is 0. The molecule has 0 atom stereocenters.